The number of methoxy groups -OCH3 is 1. The smallest absolute Gasteiger partial charge is 0.340 e. The first-order valence-corrected chi connectivity index (χ1v) is 9.14. The lowest BCUT2D eigenvalue weighted by Gasteiger charge is -2.41. The summed E-state index contributed by atoms with van der Waals surface area (Å²) in [5, 5.41) is 19.9. The topological polar surface area (TPSA) is 92.3 Å². The van der Waals surface area contributed by atoms with Gasteiger partial charge in [-0.3, -0.25) is 4.57 Å². The van der Waals surface area contributed by atoms with Gasteiger partial charge >= 0.3 is 7.60 Å². The third-order valence-electron chi connectivity index (χ3n) is 4.55. The van der Waals surface area contributed by atoms with Gasteiger partial charge in [-0.1, -0.05) is 32.1 Å². The van der Waals surface area contributed by atoms with Crippen molar-refractivity contribution >= 4 is 7.60 Å². The minimum atomic E-state index is -3.83. The molecule has 0 aromatic heterocycles. The Labute approximate surface area is 149 Å². The number of benzene rings is 1. The molecule has 0 aliphatic rings. The van der Waals surface area contributed by atoms with Gasteiger partial charge in [0.15, 0.2) is 5.41 Å². The normalized spacial score (nSPS) is 13.4. The Morgan fingerprint density at radius 3 is 1.92 bits per heavy atom. The van der Waals surface area contributed by atoms with E-state index in [2.05, 4.69) is 18.7 Å². The molecule has 0 amide bonds. The molecule has 1 aromatic rings. The van der Waals surface area contributed by atoms with Crippen LogP contribution < -0.4 is 4.74 Å². The molecule has 0 N–H and O–H groups in total. The maximum absolute atomic E-state index is 13.3. The summed E-state index contributed by atoms with van der Waals surface area (Å²) in [6.07, 6.45) is 1.51. The largest absolute Gasteiger partial charge is 0.497 e. The van der Waals surface area contributed by atoms with Crippen LogP contribution in [-0.2, 0) is 13.6 Å². The van der Waals surface area contributed by atoms with Crippen molar-refractivity contribution in [2.24, 2.45) is 10.8 Å². The van der Waals surface area contributed by atoms with Gasteiger partial charge in [-0.2, -0.15) is 10.5 Å². The SMILES string of the molecule is C=CC(C)(C)C(C#N)(C#N)C(c1ccc(OC)cc1)P(=O)(OC)OC. The second kappa shape index (κ2) is 7.85. The molecule has 0 saturated heterocycles. The molecule has 1 aromatic carbocycles. The summed E-state index contributed by atoms with van der Waals surface area (Å²) in [6, 6.07) is 10.8. The van der Waals surface area contributed by atoms with Gasteiger partial charge in [0, 0.05) is 19.6 Å². The van der Waals surface area contributed by atoms with E-state index in [0.29, 0.717) is 11.3 Å². The van der Waals surface area contributed by atoms with Crippen molar-refractivity contribution in [1.29, 1.82) is 10.5 Å². The van der Waals surface area contributed by atoms with Gasteiger partial charge in [-0.25, -0.2) is 0 Å². The van der Waals surface area contributed by atoms with E-state index in [4.69, 9.17) is 13.8 Å². The third-order valence-corrected chi connectivity index (χ3v) is 6.88. The predicted molar refractivity (Wildman–Crippen MR) is 95.0 cm³/mol. The zero-order valence-corrected chi connectivity index (χ0v) is 16.0. The molecule has 6 nitrogen and oxygen atoms in total. The van der Waals surface area contributed by atoms with Crippen LogP contribution in [-0.4, -0.2) is 21.3 Å². The Morgan fingerprint density at radius 1 is 1.12 bits per heavy atom. The molecule has 1 unspecified atom stereocenters. The standard InChI is InChI=1S/C18H23N2O4P/c1-7-17(2,3)18(12-19,13-20)16(25(21,23-5)24-6)14-8-10-15(22-4)11-9-14/h7-11,16H,1H2,2-6H3. The first-order valence-electron chi connectivity index (χ1n) is 7.53. The number of hydrogen-bond acceptors (Lipinski definition) is 6. The van der Waals surface area contributed by atoms with Crippen LogP contribution in [0.15, 0.2) is 36.9 Å². The number of hydrogen-bond donors (Lipinski definition) is 0. The molecule has 0 spiro atoms. The van der Waals surface area contributed by atoms with E-state index in [1.807, 2.05) is 0 Å². The Kier molecular flexibility index (Phi) is 6.57. The van der Waals surface area contributed by atoms with Crippen LogP contribution in [0.25, 0.3) is 0 Å². The third kappa shape index (κ3) is 3.48. The predicted octanol–water partition coefficient (Wildman–Crippen LogP) is 4.47. The minimum absolute atomic E-state index is 0.478. The number of rotatable bonds is 8. The Bertz CT molecular complexity index is 722. The molecule has 0 aliphatic heterocycles. The Balaban J connectivity index is 3.82. The summed E-state index contributed by atoms with van der Waals surface area (Å²) in [5.41, 5.74) is -3.38. The van der Waals surface area contributed by atoms with Crippen molar-refractivity contribution in [2.75, 3.05) is 21.3 Å². The molecule has 25 heavy (non-hydrogen) atoms. The second-order valence-electron chi connectivity index (χ2n) is 6.04. The first-order chi connectivity index (χ1) is 11.7. The lowest BCUT2D eigenvalue weighted by molar-refractivity contribution is 0.201. The van der Waals surface area contributed by atoms with Crippen molar-refractivity contribution < 1.29 is 18.3 Å². The zero-order chi connectivity index (χ0) is 19.3. The molecule has 134 valence electrons. The van der Waals surface area contributed by atoms with Crippen LogP contribution in [0.2, 0.25) is 0 Å². The highest BCUT2D eigenvalue weighted by molar-refractivity contribution is 7.54. The molecule has 1 rings (SSSR count). The zero-order valence-electron chi connectivity index (χ0n) is 15.1. The maximum atomic E-state index is 13.3. The highest BCUT2D eigenvalue weighted by Crippen LogP contribution is 2.69. The number of allylic oxidation sites excluding steroid dienone is 1. The molecule has 0 radical (unpaired) electrons. The van der Waals surface area contributed by atoms with E-state index in [-0.39, 0.29) is 0 Å². The molecule has 0 fully saturated rings. The van der Waals surface area contributed by atoms with Crippen molar-refractivity contribution in [3.8, 4) is 17.9 Å². The average molecular weight is 362 g/mol. The highest BCUT2D eigenvalue weighted by Gasteiger charge is 2.59. The molecule has 0 saturated carbocycles. The van der Waals surface area contributed by atoms with Gasteiger partial charge in [0.05, 0.1) is 19.2 Å². The molecule has 7 heteroatoms. The van der Waals surface area contributed by atoms with Gasteiger partial charge in [0.25, 0.3) is 0 Å². The molecule has 1 atom stereocenters. The van der Waals surface area contributed by atoms with Crippen molar-refractivity contribution in [1.82, 2.24) is 0 Å². The average Bonchev–Trinajstić information content (AvgIpc) is 2.65. The lowest BCUT2D eigenvalue weighted by Crippen LogP contribution is -2.40. The van der Waals surface area contributed by atoms with Gasteiger partial charge in [0.1, 0.15) is 11.4 Å². The van der Waals surface area contributed by atoms with Crippen molar-refractivity contribution in [3.05, 3.63) is 42.5 Å². The minimum Gasteiger partial charge on any atom is -0.497 e. The van der Waals surface area contributed by atoms with Gasteiger partial charge < -0.3 is 13.8 Å². The van der Waals surface area contributed by atoms with Crippen LogP contribution in [0.5, 0.6) is 5.75 Å². The number of nitrogens with zero attached hydrogens (tertiary/aromatic N) is 2. The van der Waals surface area contributed by atoms with E-state index in [1.165, 1.54) is 27.4 Å². The summed E-state index contributed by atoms with van der Waals surface area (Å²) in [5.74, 6) is 0.592. The van der Waals surface area contributed by atoms with Crippen LogP contribution in [0.3, 0.4) is 0 Å². The van der Waals surface area contributed by atoms with Gasteiger partial charge in [0.2, 0.25) is 0 Å². The molecular weight excluding hydrogens is 339 g/mol. The summed E-state index contributed by atoms with van der Waals surface area (Å²) in [4.78, 5) is 0. The number of ether oxygens (including phenoxy) is 1. The molecule has 0 bridgehead atoms. The van der Waals surface area contributed by atoms with E-state index >= 15 is 0 Å². The number of nitriles is 2. The van der Waals surface area contributed by atoms with Crippen LogP contribution >= 0.6 is 7.60 Å². The summed E-state index contributed by atoms with van der Waals surface area (Å²) in [7, 11) is 0.165. The second-order valence-corrected chi connectivity index (χ2v) is 8.36. The summed E-state index contributed by atoms with van der Waals surface area (Å²) >= 11 is 0. The van der Waals surface area contributed by atoms with Gasteiger partial charge in [-0.15, -0.1) is 6.58 Å². The Hall–Kier alpha value is -2.11. The van der Waals surface area contributed by atoms with Crippen molar-refractivity contribution in [2.45, 2.75) is 19.5 Å². The first kappa shape index (κ1) is 20.9. The molecular formula is C18H23N2O4P. The fourth-order valence-corrected chi connectivity index (χ4v) is 4.72. The highest BCUT2D eigenvalue weighted by atomic mass is 31.2. The lowest BCUT2D eigenvalue weighted by atomic mass is 9.64. The Morgan fingerprint density at radius 2 is 1.60 bits per heavy atom. The van der Waals surface area contributed by atoms with Gasteiger partial charge in [-0.05, 0) is 17.7 Å². The summed E-state index contributed by atoms with van der Waals surface area (Å²) < 4.78 is 28.8. The fourth-order valence-electron chi connectivity index (χ4n) is 2.69. The van der Waals surface area contributed by atoms with E-state index in [0.717, 1.165) is 0 Å². The fraction of sp³-hybridized carbons (Fsp3) is 0.444. The van der Waals surface area contributed by atoms with Crippen LogP contribution in [0, 0.1) is 33.5 Å². The van der Waals surface area contributed by atoms with E-state index in [9.17, 15) is 15.1 Å². The van der Waals surface area contributed by atoms with Crippen LogP contribution in [0.1, 0.15) is 25.1 Å². The van der Waals surface area contributed by atoms with Crippen LogP contribution in [0.4, 0.5) is 0 Å². The van der Waals surface area contributed by atoms with E-state index < -0.39 is 24.1 Å². The summed E-state index contributed by atoms with van der Waals surface area (Å²) in [6.45, 7) is 7.12. The monoisotopic (exact) mass is 362 g/mol. The van der Waals surface area contributed by atoms with E-state index in [1.54, 1.807) is 38.1 Å². The van der Waals surface area contributed by atoms with Crippen molar-refractivity contribution in [3.63, 3.8) is 0 Å². The maximum Gasteiger partial charge on any atom is 0.340 e. The molecule has 0 heterocycles. The molecule has 0 aliphatic carbocycles. The quantitative estimate of drug-likeness (QED) is 0.500.